The number of nitrogens with one attached hydrogen (secondary N) is 1. The number of fused-ring (bicyclic) bond motifs is 4. The average Bonchev–Trinajstić information content (AvgIpc) is 3.32. The van der Waals surface area contributed by atoms with Crippen molar-refractivity contribution in [3.05, 3.63) is 71.7 Å². The van der Waals surface area contributed by atoms with Crippen molar-refractivity contribution in [3.8, 4) is 5.75 Å². The lowest BCUT2D eigenvalue weighted by molar-refractivity contribution is -0.111. The van der Waals surface area contributed by atoms with Crippen molar-refractivity contribution in [2.24, 2.45) is 0 Å². The van der Waals surface area contributed by atoms with Crippen molar-refractivity contribution in [2.45, 2.75) is 0 Å². The molecule has 142 valence electrons. The van der Waals surface area contributed by atoms with Gasteiger partial charge in [0.1, 0.15) is 21.9 Å². The van der Waals surface area contributed by atoms with Crippen LogP contribution in [0.25, 0.3) is 38.2 Å². The maximum absolute atomic E-state index is 12.5. The largest absolute Gasteiger partial charge is 0.495 e. The minimum Gasteiger partial charge on any atom is -0.495 e. The Morgan fingerprint density at radius 1 is 1.07 bits per heavy atom. The van der Waals surface area contributed by atoms with E-state index in [0.717, 1.165) is 31.6 Å². The van der Waals surface area contributed by atoms with Crippen LogP contribution in [0.5, 0.6) is 5.75 Å². The first-order valence-electron chi connectivity index (χ1n) is 9.05. The number of rotatable bonds is 4. The number of carbonyl (C=O) groups excluding carboxylic acids is 1. The molecule has 0 saturated heterocycles. The first-order valence-corrected chi connectivity index (χ1v) is 9.87. The first-order chi connectivity index (χ1) is 14.2. The van der Waals surface area contributed by atoms with Crippen molar-refractivity contribution >= 4 is 61.2 Å². The quantitative estimate of drug-likeness (QED) is 0.384. The Balaban J connectivity index is 1.43. The zero-order valence-corrected chi connectivity index (χ0v) is 16.3. The third-order valence-electron chi connectivity index (χ3n) is 4.64. The molecule has 2 heterocycles. The van der Waals surface area contributed by atoms with E-state index < -0.39 is 0 Å². The Hall–Kier alpha value is -3.64. The van der Waals surface area contributed by atoms with Gasteiger partial charge in [-0.05, 0) is 30.3 Å². The van der Waals surface area contributed by atoms with Crippen LogP contribution < -0.4 is 10.1 Å². The summed E-state index contributed by atoms with van der Waals surface area (Å²) in [5.74, 6) is 0.309. The number of aromatic nitrogens is 1. The molecular weight excluding hydrogens is 384 g/mol. The van der Waals surface area contributed by atoms with Crippen molar-refractivity contribution in [3.63, 3.8) is 0 Å². The first kappa shape index (κ1) is 17.5. The normalized spacial score (nSPS) is 11.6. The van der Waals surface area contributed by atoms with E-state index >= 15 is 0 Å². The molecule has 0 unspecified atom stereocenters. The number of thiazole rings is 1. The molecule has 1 amide bonds. The summed E-state index contributed by atoms with van der Waals surface area (Å²) in [5.41, 5.74) is 2.97. The maximum Gasteiger partial charge on any atom is 0.248 e. The Kier molecular flexibility index (Phi) is 4.26. The van der Waals surface area contributed by atoms with Gasteiger partial charge in [0.15, 0.2) is 0 Å². The second kappa shape index (κ2) is 7.07. The zero-order valence-electron chi connectivity index (χ0n) is 15.5. The molecule has 0 saturated carbocycles. The highest BCUT2D eigenvalue weighted by Crippen LogP contribution is 2.36. The second-order valence-corrected chi connectivity index (χ2v) is 7.55. The summed E-state index contributed by atoms with van der Waals surface area (Å²) >= 11 is 1.54. The van der Waals surface area contributed by atoms with Crippen LogP contribution in [-0.4, -0.2) is 18.0 Å². The third kappa shape index (κ3) is 3.23. The number of furan rings is 1. The number of ether oxygens (including phenoxy) is 1. The highest BCUT2D eigenvalue weighted by Gasteiger charge is 2.13. The van der Waals surface area contributed by atoms with Gasteiger partial charge in [-0.25, -0.2) is 4.98 Å². The van der Waals surface area contributed by atoms with Crippen LogP contribution in [0.3, 0.4) is 0 Å². The van der Waals surface area contributed by atoms with Gasteiger partial charge >= 0.3 is 0 Å². The predicted octanol–water partition coefficient (Wildman–Crippen LogP) is 5.86. The lowest BCUT2D eigenvalue weighted by Crippen LogP contribution is -2.08. The predicted molar refractivity (Wildman–Crippen MR) is 118 cm³/mol. The molecule has 5 nitrogen and oxygen atoms in total. The molecule has 5 rings (SSSR count). The fraction of sp³-hybridized carbons (Fsp3) is 0.0435. The standard InChI is InChI=1S/C23H16N2O3S/c1-27-20-12-15-14-6-2-4-8-18(14)28-19(15)13-17(20)24-22(26)10-11-23-25-16-7-3-5-9-21(16)29-23/h2-13H,1H3,(H,24,26)/b11-10+. The van der Waals surface area contributed by atoms with E-state index in [2.05, 4.69) is 10.3 Å². The van der Waals surface area contributed by atoms with Gasteiger partial charge < -0.3 is 14.5 Å². The Labute approximate surface area is 170 Å². The summed E-state index contributed by atoms with van der Waals surface area (Å²) in [6.45, 7) is 0. The molecule has 0 atom stereocenters. The van der Waals surface area contributed by atoms with E-state index in [9.17, 15) is 4.79 Å². The molecule has 0 aliphatic carbocycles. The number of benzene rings is 3. The van der Waals surface area contributed by atoms with Gasteiger partial charge in [0.2, 0.25) is 5.91 Å². The SMILES string of the molecule is COc1cc2c(cc1NC(=O)/C=C/c1nc3ccccc3s1)oc1ccccc12. The highest BCUT2D eigenvalue weighted by atomic mass is 32.1. The lowest BCUT2D eigenvalue weighted by atomic mass is 10.1. The number of carbonyl (C=O) groups is 1. The van der Waals surface area contributed by atoms with Crippen LogP contribution in [0.15, 0.2) is 71.2 Å². The molecular formula is C23H16N2O3S. The van der Waals surface area contributed by atoms with Crippen LogP contribution >= 0.6 is 11.3 Å². The highest BCUT2D eigenvalue weighted by molar-refractivity contribution is 7.19. The van der Waals surface area contributed by atoms with Crippen LogP contribution in [0.4, 0.5) is 5.69 Å². The van der Waals surface area contributed by atoms with Crippen molar-refractivity contribution in [2.75, 3.05) is 12.4 Å². The summed E-state index contributed by atoms with van der Waals surface area (Å²) in [6.07, 6.45) is 3.19. The summed E-state index contributed by atoms with van der Waals surface area (Å²) < 4.78 is 12.5. The van der Waals surface area contributed by atoms with Gasteiger partial charge in [0.05, 0.1) is 23.0 Å². The van der Waals surface area contributed by atoms with E-state index in [0.29, 0.717) is 17.0 Å². The van der Waals surface area contributed by atoms with E-state index in [1.165, 1.54) is 17.4 Å². The lowest BCUT2D eigenvalue weighted by Gasteiger charge is -2.08. The smallest absolute Gasteiger partial charge is 0.248 e. The van der Waals surface area contributed by atoms with Gasteiger partial charge in [0, 0.05) is 22.9 Å². The summed E-state index contributed by atoms with van der Waals surface area (Å²) in [7, 11) is 1.58. The summed E-state index contributed by atoms with van der Waals surface area (Å²) in [6, 6.07) is 19.4. The third-order valence-corrected chi connectivity index (χ3v) is 5.65. The molecule has 0 bridgehead atoms. The minimum atomic E-state index is -0.266. The Bertz CT molecular complexity index is 1360. The van der Waals surface area contributed by atoms with Gasteiger partial charge in [-0.3, -0.25) is 4.79 Å². The number of hydrogen-bond acceptors (Lipinski definition) is 5. The van der Waals surface area contributed by atoms with Gasteiger partial charge in [-0.2, -0.15) is 0 Å². The summed E-state index contributed by atoms with van der Waals surface area (Å²) in [4.78, 5) is 17.0. The monoisotopic (exact) mass is 400 g/mol. The van der Waals surface area contributed by atoms with Crippen molar-refractivity contribution in [1.82, 2.24) is 4.98 Å². The Morgan fingerprint density at radius 2 is 1.90 bits per heavy atom. The minimum absolute atomic E-state index is 0.266. The molecule has 5 aromatic rings. The zero-order chi connectivity index (χ0) is 19.8. The van der Waals surface area contributed by atoms with Gasteiger partial charge in [0.25, 0.3) is 0 Å². The van der Waals surface area contributed by atoms with E-state index in [1.807, 2.05) is 54.6 Å². The topological polar surface area (TPSA) is 64.4 Å². The molecule has 0 spiro atoms. The number of methoxy groups -OCH3 is 1. The molecule has 29 heavy (non-hydrogen) atoms. The van der Waals surface area contributed by atoms with Crippen LogP contribution in [-0.2, 0) is 4.79 Å². The van der Waals surface area contributed by atoms with E-state index in [-0.39, 0.29) is 5.91 Å². The summed E-state index contributed by atoms with van der Waals surface area (Å²) in [5, 5.41) is 5.60. The van der Waals surface area contributed by atoms with Crippen molar-refractivity contribution in [1.29, 1.82) is 0 Å². The number of nitrogens with zero attached hydrogens (tertiary/aromatic N) is 1. The number of hydrogen-bond donors (Lipinski definition) is 1. The van der Waals surface area contributed by atoms with Gasteiger partial charge in [-0.15, -0.1) is 11.3 Å². The number of amides is 1. The van der Waals surface area contributed by atoms with Crippen LogP contribution in [0, 0.1) is 0 Å². The van der Waals surface area contributed by atoms with E-state index in [1.54, 1.807) is 19.3 Å². The fourth-order valence-electron chi connectivity index (χ4n) is 3.30. The maximum atomic E-state index is 12.5. The average molecular weight is 400 g/mol. The molecule has 0 radical (unpaired) electrons. The van der Waals surface area contributed by atoms with Crippen molar-refractivity contribution < 1.29 is 13.9 Å². The molecule has 0 aliphatic heterocycles. The van der Waals surface area contributed by atoms with E-state index in [4.69, 9.17) is 9.15 Å². The van der Waals surface area contributed by atoms with Crippen LogP contribution in [0.1, 0.15) is 5.01 Å². The number of anilines is 1. The fourth-order valence-corrected chi connectivity index (χ4v) is 4.17. The Morgan fingerprint density at radius 3 is 2.76 bits per heavy atom. The molecule has 1 N–H and O–H groups in total. The molecule has 6 heteroatoms. The van der Waals surface area contributed by atoms with Gasteiger partial charge in [-0.1, -0.05) is 30.3 Å². The molecule has 0 fully saturated rings. The number of para-hydroxylation sites is 2. The second-order valence-electron chi connectivity index (χ2n) is 6.49. The van der Waals surface area contributed by atoms with Crippen LogP contribution in [0.2, 0.25) is 0 Å². The molecule has 2 aromatic heterocycles. The molecule has 3 aromatic carbocycles. The molecule has 0 aliphatic rings.